The maximum absolute atomic E-state index is 11.1. The van der Waals surface area contributed by atoms with Crippen molar-refractivity contribution in [1.82, 2.24) is 15.5 Å². The standard InChI is InChI=1S/C15H23N5O/c1-2-7-20(12-8-10-3-4-11(9-12)17-10)14-6-5-13(15(16)21)18-19-14/h5-6,10-12,17H,2-4,7-9H2,1H3,(H2,16,21). The summed E-state index contributed by atoms with van der Waals surface area (Å²) in [7, 11) is 0. The zero-order valence-corrected chi connectivity index (χ0v) is 12.5. The first-order valence-corrected chi connectivity index (χ1v) is 7.83. The summed E-state index contributed by atoms with van der Waals surface area (Å²) in [5, 5.41) is 11.8. The molecule has 3 N–H and O–H groups in total. The molecule has 1 amide bonds. The third-order valence-corrected chi connectivity index (χ3v) is 4.55. The van der Waals surface area contributed by atoms with Crippen LogP contribution in [0.15, 0.2) is 12.1 Å². The zero-order chi connectivity index (χ0) is 14.8. The summed E-state index contributed by atoms with van der Waals surface area (Å²) in [5.41, 5.74) is 5.45. The molecule has 0 aliphatic carbocycles. The molecule has 2 saturated heterocycles. The zero-order valence-electron chi connectivity index (χ0n) is 12.5. The van der Waals surface area contributed by atoms with Crippen molar-refractivity contribution in [2.45, 2.75) is 57.2 Å². The highest BCUT2D eigenvalue weighted by Crippen LogP contribution is 2.31. The van der Waals surface area contributed by atoms with E-state index in [1.54, 1.807) is 6.07 Å². The van der Waals surface area contributed by atoms with Crippen molar-refractivity contribution in [1.29, 1.82) is 0 Å². The van der Waals surface area contributed by atoms with Crippen LogP contribution in [0.2, 0.25) is 0 Å². The van der Waals surface area contributed by atoms with E-state index >= 15 is 0 Å². The number of primary amides is 1. The highest BCUT2D eigenvalue weighted by molar-refractivity contribution is 5.90. The van der Waals surface area contributed by atoms with Gasteiger partial charge in [-0.3, -0.25) is 4.79 Å². The van der Waals surface area contributed by atoms with Crippen LogP contribution in [-0.2, 0) is 0 Å². The summed E-state index contributed by atoms with van der Waals surface area (Å²) in [6, 6.07) is 5.34. The lowest BCUT2D eigenvalue weighted by molar-refractivity contribution is 0.0994. The van der Waals surface area contributed by atoms with Crippen LogP contribution in [0.5, 0.6) is 0 Å². The molecule has 6 heteroatoms. The van der Waals surface area contributed by atoms with Gasteiger partial charge < -0.3 is 16.0 Å². The van der Waals surface area contributed by atoms with Crippen molar-refractivity contribution in [3.63, 3.8) is 0 Å². The minimum absolute atomic E-state index is 0.223. The van der Waals surface area contributed by atoms with Crippen molar-refractivity contribution < 1.29 is 4.79 Å². The van der Waals surface area contributed by atoms with Crippen molar-refractivity contribution in [2.75, 3.05) is 11.4 Å². The average Bonchev–Trinajstić information content (AvgIpc) is 2.83. The smallest absolute Gasteiger partial charge is 0.269 e. The second-order valence-electron chi connectivity index (χ2n) is 6.10. The summed E-state index contributed by atoms with van der Waals surface area (Å²) in [5.74, 6) is 0.323. The topological polar surface area (TPSA) is 84.1 Å². The van der Waals surface area contributed by atoms with Gasteiger partial charge in [0.1, 0.15) is 0 Å². The van der Waals surface area contributed by atoms with Gasteiger partial charge in [0, 0.05) is 24.7 Å². The van der Waals surface area contributed by atoms with Gasteiger partial charge in [0.2, 0.25) is 0 Å². The molecule has 6 nitrogen and oxygen atoms in total. The molecule has 2 fully saturated rings. The minimum Gasteiger partial charge on any atom is -0.364 e. The Hall–Kier alpha value is -1.69. The van der Waals surface area contributed by atoms with Crippen LogP contribution in [-0.4, -0.2) is 40.8 Å². The third-order valence-electron chi connectivity index (χ3n) is 4.55. The van der Waals surface area contributed by atoms with E-state index in [0.717, 1.165) is 31.6 Å². The molecular formula is C15H23N5O. The molecule has 2 unspecified atom stereocenters. The maximum atomic E-state index is 11.1. The van der Waals surface area contributed by atoms with Gasteiger partial charge in [-0.25, -0.2) is 0 Å². The number of nitrogens with one attached hydrogen (secondary N) is 1. The molecule has 1 aromatic heterocycles. The highest BCUT2D eigenvalue weighted by Gasteiger charge is 2.36. The molecule has 0 spiro atoms. The van der Waals surface area contributed by atoms with Crippen molar-refractivity contribution >= 4 is 11.7 Å². The summed E-state index contributed by atoms with van der Waals surface area (Å²) in [4.78, 5) is 13.5. The molecule has 0 aromatic carbocycles. The fraction of sp³-hybridized carbons (Fsp3) is 0.667. The molecule has 2 bridgehead atoms. The van der Waals surface area contributed by atoms with Gasteiger partial charge in [-0.1, -0.05) is 6.92 Å². The van der Waals surface area contributed by atoms with E-state index in [2.05, 4.69) is 27.3 Å². The molecular weight excluding hydrogens is 266 g/mol. The molecule has 3 heterocycles. The first-order chi connectivity index (χ1) is 10.2. The Labute approximate surface area is 125 Å². The second kappa shape index (κ2) is 5.97. The van der Waals surface area contributed by atoms with Crippen molar-refractivity contribution in [3.8, 4) is 0 Å². The number of nitrogens with zero attached hydrogens (tertiary/aromatic N) is 3. The Balaban J connectivity index is 1.78. The van der Waals surface area contributed by atoms with E-state index in [1.807, 2.05) is 6.07 Å². The number of carbonyl (C=O) groups is 1. The lowest BCUT2D eigenvalue weighted by Crippen LogP contribution is -2.49. The number of nitrogens with two attached hydrogens (primary N) is 1. The number of hydrogen-bond donors (Lipinski definition) is 2. The average molecular weight is 289 g/mol. The monoisotopic (exact) mass is 289 g/mol. The quantitative estimate of drug-likeness (QED) is 0.847. The van der Waals surface area contributed by atoms with Gasteiger partial charge >= 0.3 is 0 Å². The van der Waals surface area contributed by atoms with Gasteiger partial charge in [-0.15, -0.1) is 10.2 Å². The molecule has 1 aromatic rings. The van der Waals surface area contributed by atoms with E-state index in [0.29, 0.717) is 18.1 Å². The second-order valence-corrected chi connectivity index (χ2v) is 6.10. The number of hydrogen-bond acceptors (Lipinski definition) is 5. The van der Waals surface area contributed by atoms with Crippen LogP contribution in [0.3, 0.4) is 0 Å². The van der Waals surface area contributed by atoms with Crippen LogP contribution in [0.4, 0.5) is 5.82 Å². The number of rotatable bonds is 5. The lowest BCUT2D eigenvalue weighted by atomic mass is 9.98. The van der Waals surface area contributed by atoms with Gasteiger partial charge in [0.05, 0.1) is 0 Å². The van der Waals surface area contributed by atoms with Gasteiger partial charge in [0.15, 0.2) is 11.5 Å². The first kappa shape index (κ1) is 14.3. The molecule has 0 radical (unpaired) electrons. The Kier molecular flexibility index (Phi) is 4.05. The number of piperidine rings is 1. The van der Waals surface area contributed by atoms with E-state index in [9.17, 15) is 4.79 Å². The van der Waals surface area contributed by atoms with Crippen LogP contribution >= 0.6 is 0 Å². The van der Waals surface area contributed by atoms with E-state index in [-0.39, 0.29) is 5.69 Å². The summed E-state index contributed by atoms with van der Waals surface area (Å²) < 4.78 is 0. The molecule has 2 atom stereocenters. The molecule has 2 aliphatic heterocycles. The third kappa shape index (κ3) is 3.00. The molecule has 114 valence electrons. The molecule has 3 rings (SSSR count). The Morgan fingerprint density at radius 3 is 2.57 bits per heavy atom. The van der Waals surface area contributed by atoms with Crippen LogP contribution in [0.1, 0.15) is 49.5 Å². The lowest BCUT2D eigenvalue weighted by Gasteiger charge is -2.38. The predicted octanol–water partition coefficient (Wildman–Crippen LogP) is 1.07. The first-order valence-electron chi connectivity index (χ1n) is 7.83. The largest absolute Gasteiger partial charge is 0.364 e. The van der Waals surface area contributed by atoms with E-state index in [1.165, 1.54) is 12.8 Å². The van der Waals surface area contributed by atoms with Crippen LogP contribution in [0, 0.1) is 0 Å². The minimum atomic E-state index is -0.531. The van der Waals surface area contributed by atoms with E-state index < -0.39 is 5.91 Å². The molecule has 0 saturated carbocycles. The van der Waals surface area contributed by atoms with Crippen molar-refractivity contribution in [3.05, 3.63) is 17.8 Å². The van der Waals surface area contributed by atoms with Crippen molar-refractivity contribution in [2.24, 2.45) is 5.73 Å². The molecule has 21 heavy (non-hydrogen) atoms. The van der Waals surface area contributed by atoms with E-state index in [4.69, 9.17) is 5.73 Å². The molecule has 2 aliphatic rings. The highest BCUT2D eigenvalue weighted by atomic mass is 16.1. The Morgan fingerprint density at radius 1 is 1.33 bits per heavy atom. The summed E-state index contributed by atoms with van der Waals surface area (Å²) in [6.07, 6.45) is 5.96. The van der Waals surface area contributed by atoms with Crippen LogP contribution in [0.25, 0.3) is 0 Å². The maximum Gasteiger partial charge on any atom is 0.269 e. The van der Waals surface area contributed by atoms with Gasteiger partial charge in [-0.05, 0) is 44.2 Å². The Morgan fingerprint density at radius 2 is 2.05 bits per heavy atom. The van der Waals surface area contributed by atoms with Gasteiger partial charge in [-0.2, -0.15) is 0 Å². The number of carbonyl (C=O) groups excluding carboxylic acids is 1. The predicted molar refractivity (Wildman–Crippen MR) is 81.2 cm³/mol. The Bertz CT molecular complexity index is 491. The fourth-order valence-electron chi connectivity index (χ4n) is 3.62. The number of anilines is 1. The normalized spacial score (nSPS) is 27.6. The summed E-state index contributed by atoms with van der Waals surface area (Å²) >= 11 is 0. The van der Waals surface area contributed by atoms with Crippen LogP contribution < -0.4 is 16.0 Å². The SMILES string of the molecule is CCCN(c1ccc(C(N)=O)nn1)C1CC2CCC(C1)N2. The number of fused-ring (bicyclic) bond motifs is 2. The number of amides is 1. The summed E-state index contributed by atoms with van der Waals surface area (Å²) in [6.45, 7) is 3.14. The fourth-order valence-corrected chi connectivity index (χ4v) is 3.62. The van der Waals surface area contributed by atoms with Gasteiger partial charge in [0.25, 0.3) is 5.91 Å². The number of aromatic nitrogens is 2.